The number of nitrogens with zero attached hydrogens (tertiary/aromatic N) is 1. The maximum atomic E-state index is 11.7. The number of para-hydroxylation sites is 1. The third kappa shape index (κ3) is 2.50. The second-order valence-corrected chi connectivity index (χ2v) is 6.96. The maximum Gasteiger partial charge on any atom is 0.336 e. The standard InChI is InChI=1S/C18H17NO2S/c1-10(2)12-5-4-6-13-14(18(20)21)9-15(19-17(12)13)16-8-7-11(3)22-16/h4-10H,1-3H3,(H,20,21). The molecule has 1 aromatic carbocycles. The number of fused-ring (bicyclic) bond motifs is 1. The van der Waals surface area contributed by atoms with Gasteiger partial charge in [-0.25, -0.2) is 9.78 Å². The van der Waals surface area contributed by atoms with Crippen LogP contribution in [0, 0.1) is 6.92 Å². The molecule has 2 aromatic heterocycles. The summed E-state index contributed by atoms with van der Waals surface area (Å²) in [5, 5.41) is 10.3. The van der Waals surface area contributed by atoms with E-state index in [0.29, 0.717) is 10.9 Å². The monoisotopic (exact) mass is 311 g/mol. The SMILES string of the molecule is Cc1ccc(-c2cc(C(=O)O)c3cccc(C(C)C)c3n2)s1. The van der Waals surface area contributed by atoms with Gasteiger partial charge in [0, 0.05) is 10.3 Å². The van der Waals surface area contributed by atoms with Crippen molar-refractivity contribution in [1.82, 2.24) is 4.98 Å². The van der Waals surface area contributed by atoms with E-state index in [1.54, 1.807) is 17.4 Å². The number of aromatic carboxylic acids is 1. The van der Waals surface area contributed by atoms with Crippen LogP contribution >= 0.6 is 11.3 Å². The second kappa shape index (κ2) is 5.54. The lowest BCUT2D eigenvalue weighted by Crippen LogP contribution is -2.02. The van der Waals surface area contributed by atoms with Gasteiger partial charge >= 0.3 is 5.97 Å². The number of carboxylic acids is 1. The lowest BCUT2D eigenvalue weighted by atomic mass is 9.97. The Hall–Kier alpha value is -2.20. The topological polar surface area (TPSA) is 50.2 Å². The average molecular weight is 311 g/mol. The van der Waals surface area contributed by atoms with Crippen LogP contribution in [0.2, 0.25) is 0 Å². The Morgan fingerprint density at radius 1 is 1.23 bits per heavy atom. The van der Waals surface area contributed by atoms with E-state index in [-0.39, 0.29) is 5.92 Å². The minimum Gasteiger partial charge on any atom is -0.478 e. The van der Waals surface area contributed by atoms with Crippen LogP contribution in [0.3, 0.4) is 0 Å². The summed E-state index contributed by atoms with van der Waals surface area (Å²) in [5.41, 5.74) is 2.92. The number of rotatable bonds is 3. The predicted molar refractivity (Wildman–Crippen MR) is 90.8 cm³/mol. The number of aromatic nitrogens is 1. The Labute approximate surface area is 133 Å². The fourth-order valence-corrected chi connectivity index (χ4v) is 3.44. The van der Waals surface area contributed by atoms with Gasteiger partial charge in [0.05, 0.1) is 21.7 Å². The predicted octanol–water partition coefficient (Wildman–Crippen LogP) is 5.09. The average Bonchev–Trinajstić information content (AvgIpc) is 2.91. The van der Waals surface area contributed by atoms with Crippen molar-refractivity contribution in [3.05, 3.63) is 52.4 Å². The number of aryl methyl sites for hydroxylation is 1. The van der Waals surface area contributed by atoms with Crippen LogP contribution in [0.15, 0.2) is 36.4 Å². The molecule has 1 N–H and O–H groups in total. The Kier molecular flexibility index (Phi) is 3.71. The van der Waals surface area contributed by atoms with Crippen LogP contribution in [0.5, 0.6) is 0 Å². The molecule has 3 nitrogen and oxygen atoms in total. The van der Waals surface area contributed by atoms with E-state index in [0.717, 1.165) is 21.7 Å². The summed E-state index contributed by atoms with van der Waals surface area (Å²) >= 11 is 1.63. The highest BCUT2D eigenvalue weighted by molar-refractivity contribution is 7.15. The van der Waals surface area contributed by atoms with Crippen LogP contribution < -0.4 is 0 Å². The summed E-state index contributed by atoms with van der Waals surface area (Å²) in [5.74, 6) is -0.624. The number of hydrogen-bond donors (Lipinski definition) is 1. The Morgan fingerprint density at radius 2 is 2.00 bits per heavy atom. The summed E-state index contributed by atoms with van der Waals surface area (Å²) in [6.07, 6.45) is 0. The Morgan fingerprint density at radius 3 is 2.59 bits per heavy atom. The molecule has 0 amide bonds. The minimum absolute atomic E-state index is 0.290. The molecular formula is C18H17NO2S. The molecular weight excluding hydrogens is 294 g/mol. The number of pyridine rings is 1. The molecule has 0 spiro atoms. The normalized spacial score (nSPS) is 11.3. The first-order chi connectivity index (χ1) is 10.5. The number of carboxylic acid groups (broad SMARTS) is 1. The summed E-state index contributed by atoms with van der Waals surface area (Å²) in [6.45, 7) is 6.23. The zero-order valence-corrected chi connectivity index (χ0v) is 13.6. The molecule has 0 saturated carbocycles. The van der Waals surface area contributed by atoms with Crippen molar-refractivity contribution >= 4 is 28.2 Å². The summed E-state index contributed by atoms with van der Waals surface area (Å²) in [7, 11) is 0. The zero-order chi connectivity index (χ0) is 15.9. The molecule has 3 aromatic rings. The largest absolute Gasteiger partial charge is 0.478 e. The molecule has 0 saturated heterocycles. The third-order valence-corrected chi connectivity index (χ3v) is 4.74. The van der Waals surface area contributed by atoms with Crippen LogP contribution in [0.1, 0.15) is 40.6 Å². The number of hydrogen-bond acceptors (Lipinski definition) is 3. The van der Waals surface area contributed by atoms with E-state index >= 15 is 0 Å². The van der Waals surface area contributed by atoms with Gasteiger partial charge in [-0.1, -0.05) is 32.0 Å². The van der Waals surface area contributed by atoms with Crippen molar-refractivity contribution in [2.24, 2.45) is 0 Å². The van der Waals surface area contributed by atoms with Crippen molar-refractivity contribution in [3.8, 4) is 10.6 Å². The van der Waals surface area contributed by atoms with E-state index in [9.17, 15) is 9.90 Å². The molecule has 0 aliphatic carbocycles. The molecule has 0 aliphatic heterocycles. The first-order valence-corrected chi connectivity index (χ1v) is 8.03. The van der Waals surface area contributed by atoms with Gasteiger partial charge in [0.2, 0.25) is 0 Å². The Balaban J connectivity index is 2.36. The lowest BCUT2D eigenvalue weighted by molar-refractivity contribution is 0.0699. The van der Waals surface area contributed by atoms with Crippen molar-refractivity contribution in [3.63, 3.8) is 0 Å². The van der Waals surface area contributed by atoms with E-state index in [2.05, 4.69) is 13.8 Å². The smallest absolute Gasteiger partial charge is 0.336 e. The van der Waals surface area contributed by atoms with Crippen molar-refractivity contribution in [2.45, 2.75) is 26.7 Å². The van der Waals surface area contributed by atoms with Gasteiger partial charge < -0.3 is 5.11 Å². The highest BCUT2D eigenvalue weighted by Crippen LogP contribution is 2.32. The molecule has 0 radical (unpaired) electrons. The highest BCUT2D eigenvalue weighted by Gasteiger charge is 2.16. The van der Waals surface area contributed by atoms with Crippen LogP contribution in [-0.4, -0.2) is 16.1 Å². The number of carbonyl (C=O) groups is 1. The molecule has 0 aliphatic rings. The van der Waals surface area contributed by atoms with Gasteiger partial charge in [-0.05, 0) is 36.6 Å². The molecule has 0 unspecified atom stereocenters. The molecule has 4 heteroatoms. The molecule has 3 rings (SSSR count). The Bertz CT molecular complexity index is 865. The van der Waals surface area contributed by atoms with Gasteiger partial charge in [0.1, 0.15) is 0 Å². The van der Waals surface area contributed by atoms with Gasteiger partial charge in [0.15, 0.2) is 0 Å². The van der Waals surface area contributed by atoms with Gasteiger partial charge in [0.25, 0.3) is 0 Å². The maximum absolute atomic E-state index is 11.7. The van der Waals surface area contributed by atoms with E-state index < -0.39 is 5.97 Å². The number of thiophene rings is 1. The fraction of sp³-hybridized carbons (Fsp3) is 0.222. The third-order valence-electron chi connectivity index (χ3n) is 3.72. The van der Waals surface area contributed by atoms with Crippen molar-refractivity contribution < 1.29 is 9.90 Å². The molecule has 0 bridgehead atoms. The first-order valence-electron chi connectivity index (χ1n) is 7.21. The van der Waals surface area contributed by atoms with Gasteiger partial charge in [-0.2, -0.15) is 0 Å². The molecule has 2 heterocycles. The van der Waals surface area contributed by atoms with Crippen molar-refractivity contribution in [2.75, 3.05) is 0 Å². The molecule has 112 valence electrons. The lowest BCUT2D eigenvalue weighted by Gasteiger charge is -2.12. The van der Waals surface area contributed by atoms with Gasteiger partial charge in [-0.15, -0.1) is 11.3 Å². The fourth-order valence-electron chi connectivity index (χ4n) is 2.61. The first kappa shape index (κ1) is 14.7. The number of benzene rings is 1. The van der Waals surface area contributed by atoms with E-state index in [1.165, 1.54) is 4.88 Å². The summed E-state index contributed by atoms with van der Waals surface area (Å²) in [4.78, 5) is 18.6. The van der Waals surface area contributed by atoms with Crippen LogP contribution in [-0.2, 0) is 0 Å². The molecule has 0 atom stereocenters. The summed E-state index contributed by atoms with van der Waals surface area (Å²) < 4.78 is 0. The van der Waals surface area contributed by atoms with Crippen LogP contribution in [0.4, 0.5) is 0 Å². The second-order valence-electron chi connectivity index (χ2n) is 5.67. The molecule has 22 heavy (non-hydrogen) atoms. The highest BCUT2D eigenvalue weighted by atomic mass is 32.1. The van der Waals surface area contributed by atoms with Gasteiger partial charge in [-0.3, -0.25) is 0 Å². The van der Waals surface area contributed by atoms with Crippen LogP contribution in [0.25, 0.3) is 21.5 Å². The molecule has 0 fully saturated rings. The van der Waals surface area contributed by atoms with Crippen molar-refractivity contribution in [1.29, 1.82) is 0 Å². The van der Waals surface area contributed by atoms with E-state index in [1.807, 2.05) is 37.3 Å². The quantitative estimate of drug-likeness (QED) is 0.732. The van der Waals surface area contributed by atoms with E-state index in [4.69, 9.17) is 4.98 Å². The zero-order valence-electron chi connectivity index (χ0n) is 12.8. The summed E-state index contributed by atoms with van der Waals surface area (Å²) in [6, 6.07) is 11.5. The minimum atomic E-state index is -0.914.